The van der Waals surface area contributed by atoms with Crippen molar-refractivity contribution in [2.75, 3.05) is 6.61 Å². The lowest BCUT2D eigenvalue weighted by Crippen LogP contribution is -2.25. The van der Waals surface area contributed by atoms with E-state index in [9.17, 15) is 4.79 Å². The zero-order chi connectivity index (χ0) is 8.27. The molecule has 0 radical (unpaired) electrons. The maximum Gasteiger partial charge on any atom is 0.336 e. The molecule has 2 atom stereocenters. The van der Waals surface area contributed by atoms with Gasteiger partial charge in [0.2, 0.25) is 6.29 Å². The molecule has 1 N–H and O–H groups in total. The molecule has 1 aliphatic heterocycles. The van der Waals surface area contributed by atoms with Crippen LogP contribution in [-0.4, -0.2) is 30.1 Å². The Balaban J connectivity index is 2.24. The highest BCUT2D eigenvalue weighted by Gasteiger charge is 2.21. The summed E-state index contributed by atoms with van der Waals surface area (Å²) in [5, 5.41) is 8.75. The lowest BCUT2D eigenvalue weighted by molar-refractivity contribution is -0.178. The molecule has 4 heteroatoms. The van der Waals surface area contributed by atoms with Gasteiger partial charge in [0.15, 0.2) is 0 Å². The minimum atomic E-state index is -1.06. The molecular formula is C7H12O4. The Labute approximate surface area is 65.1 Å². The van der Waals surface area contributed by atoms with Crippen LogP contribution < -0.4 is 0 Å². The first-order chi connectivity index (χ1) is 5.20. The minimum absolute atomic E-state index is 0.433. The highest BCUT2D eigenvalue weighted by molar-refractivity contribution is 5.73. The summed E-state index contributed by atoms with van der Waals surface area (Å²) in [6.45, 7) is 2.01. The van der Waals surface area contributed by atoms with Crippen molar-refractivity contribution in [3.8, 4) is 0 Å². The van der Waals surface area contributed by atoms with Crippen LogP contribution in [0.1, 0.15) is 19.8 Å². The summed E-state index contributed by atoms with van der Waals surface area (Å²) in [6, 6.07) is 0. The van der Waals surface area contributed by atoms with Crippen LogP contribution in [0.3, 0.4) is 0 Å². The van der Waals surface area contributed by atoms with Gasteiger partial charge in [-0.05, 0) is 13.3 Å². The zero-order valence-electron chi connectivity index (χ0n) is 6.45. The van der Waals surface area contributed by atoms with Gasteiger partial charge in [-0.15, -0.1) is 0 Å². The largest absolute Gasteiger partial charge is 0.434 e. The molecule has 0 spiro atoms. The highest BCUT2D eigenvalue weighted by Crippen LogP contribution is 2.13. The van der Waals surface area contributed by atoms with E-state index in [0.29, 0.717) is 6.61 Å². The van der Waals surface area contributed by atoms with Crippen molar-refractivity contribution in [3.05, 3.63) is 0 Å². The van der Waals surface area contributed by atoms with Gasteiger partial charge in [0.25, 0.3) is 0 Å². The normalized spacial score (nSPS) is 26.5. The number of aliphatic hydroxyl groups excluding tert-OH is 1. The predicted octanol–water partition coefficient (Wildman–Crippen LogP) is 0.0469. The van der Waals surface area contributed by atoms with Crippen LogP contribution in [-0.2, 0) is 14.3 Å². The second kappa shape index (κ2) is 3.69. The van der Waals surface area contributed by atoms with Gasteiger partial charge in [-0.25, -0.2) is 4.79 Å². The third-order valence-corrected chi connectivity index (χ3v) is 1.48. The van der Waals surface area contributed by atoms with Crippen LogP contribution in [0.15, 0.2) is 0 Å². The molecule has 0 aromatic rings. The third-order valence-electron chi connectivity index (χ3n) is 1.48. The molecule has 1 rings (SSSR count). The molecule has 2 unspecified atom stereocenters. The van der Waals surface area contributed by atoms with E-state index in [1.807, 2.05) is 0 Å². The monoisotopic (exact) mass is 160 g/mol. The van der Waals surface area contributed by atoms with E-state index in [2.05, 4.69) is 0 Å². The van der Waals surface area contributed by atoms with E-state index in [4.69, 9.17) is 14.6 Å². The Morgan fingerprint density at radius 2 is 2.55 bits per heavy atom. The Bertz CT molecular complexity index is 137. The van der Waals surface area contributed by atoms with Crippen LogP contribution in [0.5, 0.6) is 0 Å². The number of hydrogen-bond acceptors (Lipinski definition) is 4. The second-order valence-electron chi connectivity index (χ2n) is 2.56. The minimum Gasteiger partial charge on any atom is -0.434 e. The molecule has 1 saturated heterocycles. The van der Waals surface area contributed by atoms with Gasteiger partial charge in [0.1, 0.15) is 6.10 Å². The topological polar surface area (TPSA) is 55.8 Å². The summed E-state index contributed by atoms with van der Waals surface area (Å²) in [7, 11) is 0. The molecule has 11 heavy (non-hydrogen) atoms. The van der Waals surface area contributed by atoms with Crippen molar-refractivity contribution in [1.82, 2.24) is 0 Å². The quantitative estimate of drug-likeness (QED) is 0.580. The first-order valence-electron chi connectivity index (χ1n) is 3.70. The van der Waals surface area contributed by atoms with E-state index in [1.165, 1.54) is 6.92 Å². The average Bonchev–Trinajstić information content (AvgIpc) is 2.39. The maximum atomic E-state index is 10.7. The van der Waals surface area contributed by atoms with Crippen LogP contribution in [0.2, 0.25) is 0 Å². The fourth-order valence-corrected chi connectivity index (χ4v) is 0.869. The van der Waals surface area contributed by atoms with Crippen molar-refractivity contribution in [2.45, 2.75) is 32.2 Å². The maximum absolute atomic E-state index is 10.7. The third kappa shape index (κ3) is 2.48. The van der Waals surface area contributed by atoms with Gasteiger partial charge in [-0.3, -0.25) is 0 Å². The molecular weight excluding hydrogens is 148 g/mol. The summed E-state index contributed by atoms with van der Waals surface area (Å²) in [4.78, 5) is 10.7. The van der Waals surface area contributed by atoms with E-state index in [1.54, 1.807) is 0 Å². The summed E-state index contributed by atoms with van der Waals surface area (Å²) in [5.41, 5.74) is 0. The molecule has 1 aliphatic rings. The first kappa shape index (κ1) is 8.49. The summed E-state index contributed by atoms with van der Waals surface area (Å²) in [5.74, 6) is -0.614. The average molecular weight is 160 g/mol. The Kier molecular flexibility index (Phi) is 2.84. The molecule has 0 aliphatic carbocycles. The lowest BCUT2D eigenvalue weighted by Gasteiger charge is -2.11. The summed E-state index contributed by atoms with van der Waals surface area (Å²) >= 11 is 0. The molecule has 4 nitrogen and oxygen atoms in total. The Morgan fingerprint density at radius 1 is 1.82 bits per heavy atom. The Morgan fingerprint density at radius 3 is 3.00 bits per heavy atom. The van der Waals surface area contributed by atoms with Crippen LogP contribution in [0, 0.1) is 0 Å². The molecule has 0 saturated carbocycles. The fourth-order valence-electron chi connectivity index (χ4n) is 0.869. The van der Waals surface area contributed by atoms with Crippen molar-refractivity contribution < 1.29 is 19.4 Å². The predicted molar refractivity (Wildman–Crippen MR) is 36.7 cm³/mol. The molecule has 0 bridgehead atoms. The van der Waals surface area contributed by atoms with E-state index in [-0.39, 0.29) is 0 Å². The van der Waals surface area contributed by atoms with Crippen LogP contribution >= 0.6 is 0 Å². The van der Waals surface area contributed by atoms with Gasteiger partial charge < -0.3 is 14.6 Å². The number of esters is 1. The van der Waals surface area contributed by atoms with Gasteiger partial charge in [-0.2, -0.15) is 0 Å². The molecule has 1 heterocycles. The summed E-state index contributed by atoms with van der Waals surface area (Å²) < 4.78 is 9.78. The van der Waals surface area contributed by atoms with E-state index in [0.717, 1.165) is 12.8 Å². The van der Waals surface area contributed by atoms with Crippen molar-refractivity contribution >= 4 is 5.97 Å². The SMILES string of the molecule is CC(O)C(=O)OC1CCCO1. The standard InChI is InChI=1S/C7H12O4/c1-5(8)7(9)11-6-3-2-4-10-6/h5-6,8H,2-4H2,1H3. The number of ether oxygens (including phenoxy) is 2. The molecule has 64 valence electrons. The number of hydrogen-bond donors (Lipinski definition) is 1. The molecule has 1 fully saturated rings. The zero-order valence-corrected chi connectivity index (χ0v) is 6.45. The number of rotatable bonds is 2. The first-order valence-corrected chi connectivity index (χ1v) is 3.70. The van der Waals surface area contributed by atoms with Gasteiger partial charge in [0.05, 0.1) is 6.61 Å². The van der Waals surface area contributed by atoms with E-state index < -0.39 is 18.4 Å². The van der Waals surface area contributed by atoms with Crippen LogP contribution in [0.4, 0.5) is 0 Å². The second-order valence-corrected chi connectivity index (χ2v) is 2.56. The lowest BCUT2D eigenvalue weighted by atomic mass is 10.3. The molecule has 0 aromatic carbocycles. The molecule has 0 aromatic heterocycles. The summed E-state index contributed by atoms with van der Waals surface area (Å²) in [6.07, 6.45) is 0.159. The van der Waals surface area contributed by atoms with E-state index >= 15 is 0 Å². The van der Waals surface area contributed by atoms with Gasteiger partial charge >= 0.3 is 5.97 Å². The molecule has 0 amide bonds. The smallest absolute Gasteiger partial charge is 0.336 e. The van der Waals surface area contributed by atoms with Crippen molar-refractivity contribution in [3.63, 3.8) is 0 Å². The fraction of sp³-hybridized carbons (Fsp3) is 0.857. The van der Waals surface area contributed by atoms with Crippen molar-refractivity contribution in [1.29, 1.82) is 0 Å². The number of carbonyl (C=O) groups is 1. The van der Waals surface area contributed by atoms with Crippen LogP contribution in [0.25, 0.3) is 0 Å². The van der Waals surface area contributed by atoms with Gasteiger partial charge in [0, 0.05) is 6.42 Å². The Hall–Kier alpha value is -0.610. The van der Waals surface area contributed by atoms with Crippen molar-refractivity contribution in [2.24, 2.45) is 0 Å². The highest BCUT2D eigenvalue weighted by atomic mass is 16.7. The van der Waals surface area contributed by atoms with Gasteiger partial charge in [-0.1, -0.05) is 0 Å². The number of carbonyl (C=O) groups excluding carboxylic acids is 1. The number of aliphatic hydroxyl groups is 1.